The predicted molar refractivity (Wildman–Crippen MR) is 119 cm³/mol. The van der Waals surface area contributed by atoms with E-state index in [2.05, 4.69) is 63.7 Å². The fourth-order valence-corrected chi connectivity index (χ4v) is 5.61. The molecule has 0 radical (unpaired) electrons. The summed E-state index contributed by atoms with van der Waals surface area (Å²) in [6, 6.07) is 0. The van der Waals surface area contributed by atoms with Gasteiger partial charge in [0.05, 0.1) is 16.7 Å². The SMILES string of the molecule is CC1(C)C(C(=O)O)C1C(Br)C(Br)(Br)Br.CC1(C)C(C=C(Cl)Cl)C1C(=O)O. The summed E-state index contributed by atoms with van der Waals surface area (Å²) in [6.45, 7) is 7.74. The van der Waals surface area contributed by atoms with Crippen molar-refractivity contribution in [3.05, 3.63) is 10.6 Å². The second kappa shape index (κ2) is 8.50. The van der Waals surface area contributed by atoms with Crippen molar-refractivity contribution < 1.29 is 19.8 Å². The first kappa shape index (κ1) is 25.2. The molecule has 0 saturated heterocycles. The standard InChI is InChI=1S/C8H10Br4O2.C8H10Cl2O2/c1-7(2)3(4(7)6(13)14)5(9)8(10,11)12;1-8(2)4(3-5(9)10)6(8)7(11)12/h3-5H,1-2H3,(H,13,14);3-4,6H,1-2H3,(H,11,12). The van der Waals surface area contributed by atoms with Crippen LogP contribution in [0.4, 0.5) is 0 Å². The molecule has 0 aromatic rings. The molecule has 0 heterocycles. The number of carbonyl (C=O) groups is 2. The van der Waals surface area contributed by atoms with Gasteiger partial charge in [0.2, 0.25) is 0 Å². The summed E-state index contributed by atoms with van der Waals surface area (Å²) < 4.78 is -0.295. The van der Waals surface area contributed by atoms with Crippen LogP contribution in [0.1, 0.15) is 27.7 Å². The van der Waals surface area contributed by atoms with Crippen LogP contribution >= 0.6 is 86.9 Å². The molecule has 2 fully saturated rings. The zero-order valence-electron chi connectivity index (χ0n) is 14.4. The lowest BCUT2D eigenvalue weighted by Gasteiger charge is -2.20. The van der Waals surface area contributed by atoms with Crippen LogP contribution in [0.15, 0.2) is 10.6 Å². The summed E-state index contributed by atoms with van der Waals surface area (Å²) >= 11 is 24.6. The lowest BCUT2D eigenvalue weighted by atomic mass is 10.1. The summed E-state index contributed by atoms with van der Waals surface area (Å²) in [4.78, 5) is 21.6. The maximum atomic E-state index is 11.0. The average molecular weight is 667 g/mol. The first-order valence-corrected chi connectivity index (χ1v) is 11.7. The Bertz CT molecular complexity index is 612. The van der Waals surface area contributed by atoms with E-state index in [0.717, 1.165) is 0 Å². The maximum Gasteiger partial charge on any atom is 0.307 e. The van der Waals surface area contributed by atoms with E-state index in [1.54, 1.807) is 6.08 Å². The number of halogens is 6. The Hall–Kier alpha value is 1.18. The maximum absolute atomic E-state index is 11.0. The third-order valence-corrected chi connectivity index (χ3v) is 10.1. The van der Waals surface area contributed by atoms with E-state index in [1.807, 2.05) is 27.7 Å². The normalized spacial score (nSPS) is 31.8. The summed E-state index contributed by atoms with van der Waals surface area (Å²) in [5, 5.41) is 17.8. The summed E-state index contributed by atoms with van der Waals surface area (Å²) in [6.07, 6.45) is 1.60. The Morgan fingerprint density at radius 3 is 1.65 bits per heavy atom. The van der Waals surface area contributed by atoms with Crippen molar-refractivity contribution in [2.45, 2.75) is 34.7 Å². The topological polar surface area (TPSA) is 74.6 Å². The second-order valence-corrected chi connectivity index (χ2v) is 16.7. The summed E-state index contributed by atoms with van der Waals surface area (Å²) in [5.41, 5.74) is -0.360. The van der Waals surface area contributed by atoms with Crippen molar-refractivity contribution in [3.8, 4) is 0 Å². The van der Waals surface area contributed by atoms with Crippen LogP contribution in [-0.2, 0) is 9.59 Å². The van der Waals surface area contributed by atoms with Gasteiger partial charge in [-0.1, -0.05) is 115 Å². The van der Waals surface area contributed by atoms with E-state index >= 15 is 0 Å². The van der Waals surface area contributed by atoms with Gasteiger partial charge in [-0.3, -0.25) is 9.59 Å². The second-order valence-electron chi connectivity index (χ2n) is 7.73. The number of carboxylic acid groups (broad SMARTS) is 2. The van der Waals surface area contributed by atoms with E-state index in [9.17, 15) is 9.59 Å². The largest absolute Gasteiger partial charge is 0.481 e. The minimum absolute atomic E-state index is 0.0195. The smallest absolute Gasteiger partial charge is 0.307 e. The Balaban J connectivity index is 0.000000263. The molecule has 10 heteroatoms. The molecule has 2 rings (SSSR count). The highest BCUT2D eigenvalue weighted by Crippen LogP contribution is 2.65. The van der Waals surface area contributed by atoms with Crippen molar-refractivity contribution >= 4 is 98.9 Å². The van der Waals surface area contributed by atoms with Gasteiger partial charge in [0.15, 0.2) is 0 Å². The van der Waals surface area contributed by atoms with Crippen LogP contribution in [-0.4, -0.2) is 29.1 Å². The molecule has 2 N–H and O–H groups in total. The average Bonchev–Trinajstić information content (AvgIpc) is 3.17. The number of alkyl halides is 4. The third-order valence-electron chi connectivity index (χ3n) is 5.29. The van der Waals surface area contributed by atoms with Crippen molar-refractivity contribution in [2.24, 2.45) is 34.5 Å². The van der Waals surface area contributed by atoms with E-state index < -0.39 is 14.1 Å². The molecule has 0 aliphatic heterocycles. The Morgan fingerprint density at radius 2 is 1.42 bits per heavy atom. The van der Waals surface area contributed by atoms with Crippen molar-refractivity contribution in [1.82, 2.24) is 0 Å². The highest BCUT2D eigenvalue weighted by atomic mass is 80.0. The van der Waals surface area contributed by atoms with Gasteiger partial charge >= 0.3 is 11.9 Å². The molecule has 5 atom stereocenters. The van der Waals surface area contributed by atoms with E-state index in [-0.39, 0.29) is 43.8 Å². The summed E-state index contributed by atoms with van der Waals surface area (Å²) in [5.74, 6) is -2.04. The molecule has 0 spiro atoms. The zero-order chi connectivity index (χ0) is 20.8. The number of hydrogen-bond donors (Lipinski definition) is 2. The van der Waals surface area contributed by atoms with Gasteiger partial charge in [-0.25, -0.2) is 0 Å². The number of hydrogen-bond acceptors (Lipinski definition) is 2. The van der Waals surface area contributed by atoms with Gasteiger partial charge in [-0.05, 0) is 28.7 Å². The molecule has 0 bridgehead atoms. The van der Waals surface area contributed by atoms with Gasteiger partial charge in [-0.15, -0.1) is 0 Å². The Labute approximate surface area is 197 Å². The van der Waals surface area contributed by atoms with Crippen LogP contribution in [0.3, 0.4) is 0 Å². The minimum atomic E-state index is -0.782. The van der Waals surface area contributed by atoms with Gasteiger partial charge in [0, 0.05) is 0 Å². The van der Waals surface area contributed by atoms with Gasteiger partial charge in [-0.2, -0.15) is 0 Å². The van der Waals surface area contributed by atoms with Crippen molar-refractivity contribution in [2.75, 3.05) is 0 Å². The lowest BCUT2D eigenvalue weighted by Crippen LogP contribution is -2.22. The highest BCUT2D eigenvalue weighted by molar-refractivity contribution is 9.40. The molecule has 2 aliphatic rings. The van der Waals surface area contributed by atoms with Gasteiger partial charge in [0.1, 0.15) is 6.63 Å². The fraction of sp³-hybridized carbons (Fsp3) is 0.750. The first-order chi connectivity index (χ1) is 11.5. The van der Waals surface area contributed by atoms with Crippen LogP contribution < -0.4 is 0 Å². The van der Waals surface area contributed by atoms with E-state index in [4.69, 9.17) is 33.4 Å². The third kappa shape index (κ3) is 5.62. The van der Waals surface area contributed by atoms with Crippen LogP contribution in [0.25, 0.3) is 0 Å². The molecule has 2 saturated carbocycles. The monoisotopic (exact) mass is 662 g/mol. The highest BCUT2D eigenvalue weighted by Gasteiger charge is 2.67. The summed E-state index contributed by atoms with van der Waals surface area (Å²) in [7, 11) is 0. The Kier molecular flexibility index (Phi) is 8.25. The molecular weight excluding hydrogens is 647 g/mol. The number of allylic oxidation sites excluding steroid dienone is 1. The first-order valence-electron chi connectivity index (χ1n) is 7.66. The van der Waals surface area contributed by atoms with Crippen LogP contribution in [0, 0.1) is 34.5 Å². The fourth-order valence-electron chi connectivity index (χ4n) is 3.50. The molecule has 5 unspecified atom stereocenters. The molecule has 0 aromatic heterocycles. The quantitative estimate of drug-likeness (QED) is 0.332. The van der Waals surface area contributed by atoms with Crippen molar-refractivity contribution in [3.63, 3.8) is 0 Å². The molecule has 0 amide bonds. The van der Waals surface area contributed by atoms with E-state index in [0.29, 0.717) is 0 Å². The van der Waals surface area contributed by atoms with Crippen LogP contribution in [0.5, 0.6) is 0 Å². The molecule has 26 heavy (non-hydrogen) atoms. The predicted octanol–water partition coefficient (Wildman–Crippen LogP) is 6.61. The molecule has 150 valence electrons. The van der Waals surface area contributed by atoms with E-state index in [1.165, 1.54) is 0 Å². The Morgan fingerprint density at radius 1 is 1.00 bits per heavy atom. The number of aliphatic carboxylic acids is 2. The molecule has 4 nitrogen and oxygen atoms in total. The van der Waals surface area contributed by atoms with Crippen LogP contribution in [0.2, 0.25) is 0 Å². The molecule has 0 aromatic carbocycles. The van der Waals surface area contributed by atoms with Gasteiger partial charge in [0.25, 0.3) is 0 Å². The van der Waals surface area contributed by atoms with Crippen molar-refractivity contribution in [1.29, 1.82) is 0 Å². The molecular formula is C16H20Br4Cl2O4. The zero-order valence-corrected chi connectivity index (χ0v) is 22.3. The minimum Gasteiger partial charge on any atom is -0.481 e. The lowest BCUT2D eigenvalue weighted by molar-refractivity contribution is -0.140. The number of carboxylic acids is 2. The number of rotatable bonds is 4. The van der Waals surface area contributed by atoms with Gasteiger partial charge < -0.3 is 10.2 Å². The molecule has 2 aliphatic carbocycles.